The molecule has 1 aromatic carbocycles. The molecule has 0 spiro atoms. The molecule has 0 radical (unpaired) electrons. The molecular formula is C17H20Cl3N3O3. The van der Waals surface area contributed by atoms with Crippen molar-refractivity contribution in [1.82, 2.24) is 15.1 Å². The Hall–Kier alpha value is -1.21. The Bertz CT molecular complexity index is 689. The fourth-order valence-corrected chi connectivity index (χ4v) is 3.30. The summed E-state index contributed by atoms with van der Waals surface area (Å²) in [5.74, 6) is 0.254. The van der Waals surface area contributed by atoms with E-state index in [4.69, 9.17) is 39.5 Å². The number of nitrogens with one attached hydrogen (secondary N) is 1. The number of carbonyl (C=O) groups is 2. The molecule has 1 aliphatic carbocycles. The van der Waals surface area contributed by atoms with Gasteiger partial charge in [0.25, 0.3) is 5.91 Å². The van der Waals surface area contributed by atoms with Crippen LogP contribution in [0.4, 0.5) is 0 Å². The van der Waals surface area contributed by atoms with Gasteiger partial charge in [-0.1, -0.05) is 34.8 Å². The van der Waals surface area contributed by atoms with Gasteiger partial charge in [0.05, 0.1) is 21.6 Å². The van der Waals surface area contributed by atoms with Gasteiger partial charge in [-0.15, -0.1) is 0 Å². The molecule has 1 saturated heterocycles. The number of halogens is 3. The van der Waals surface area contributed by atoms with E-state index in [1.54, 1.807) is 4.90 Å². The van der Waals surface area contributed by atoms with Gasteiger partial charge in [-0.25, -0.2) is 0 Å². The second kappa shape index (κ2) is 8.65. The van der Waals surface area contributed by atoms with Gasteiger partial charge in [-0.3, -0.25) is 14.5 Å². The van der Waals surface area contributed by atoms with Gasteiger partial charge >= 0.3 is 0 Å². The molecule has 1 aromatic rings. The summed E-state index contributed by atoms with van der Waals surface area (Å²) in [5, 5.41) is 3.92. The molecule has 1 heterocycles. The Morgan fingerprint density at radius 2 is 1.69 bits per heavy atom. The number of hydrogen-bond acceptors (Lipinski definition) is 4. The van der Waals surface area contributed by atoms with Gasteiger partial charge in [-0.2, -0.15) is 0 Å². The van der Waals surface area contributed by atoms with Crippen LogP contribution < -0.4 is 10.1 Å². The summed E-state index contributed by atoms with van der Waals surface area (Å²) in [6.45, 7) is 2.71. The van der Waals surface area contributed by atoms with E-state index in [2.05, 4.69) is 10.2 Å². The summed E-state index contributed by atoms with van der Waals surface area (Å²) in [7, 11) is 0. The lowest BCUT2D eigenvalue weighted by molar-refractivity contribution is -0.135. The van der Waals surface area contributed by atoms with Gasteiger partial charge in [0.2, 0.25) is 5.91 Å². The fourth-order valence-electron chi connectivity index (χ4n) is 2.71. The van der Waals surface area contributed by atoms with Gasteiger partial charge in [0.15, 0.2) is 6.61 Å². The number of ether oxygens (including phenoxy) is 1. The summed E-state index contributed by atoms with van der Waals surface area (Å²) < 4.78 is 5.49. The lowest BCUT2D eigenvalue weighted by Gasteiger charge is -2.34. The first-order valence-electron chi connectivity index (χ1n) is 8.49. The minimum atomic E-state index is -0.130. The number of amides is 2. The first kappa shape index (κ1) is 19.5. The molecule has 0 bridgehead atoms. The van der Waals surface area contributed by atoms with Crippen molar-refractivity contribution in [1.29, 1.82) is 0 Å². The van der Waals surface area contributed by atoms with Crippen molar-refractivity contribution in [2.24, 2.45) is 0 Å². The maximum Gasteiger partial charge on any atom is 0.260 e. The summed E-state index contributed by atoms with van der Waals surface area (Å²) in [4.78, 5) is 27.9. The quantitative estimate of drug-likeness (QED) is 0.718. The molecule has 2 amide bonds. The number of rotatable bonds is 6. The molecule has 26 heavy (non-hydrogen) atoms. The van der Waals surface area contributed by atoms with Crippen molar-refractivity contribution < 1.29 is 14.3 Å². The van der Waals surface area contributed by atoms with Crippen LogP contribution in [-0.4, -0.2) is 67.0 Å². The maximum absolute atomic E-state index is 12.3. The molecule has 9 heteroatoms. The van der Waals surface area contributed by atoms with E-state index in [1.807, 2.05) is 0 Å². The molecule has 2 aliphatic rings. The number of carbonyl (C=O) groups excluding carboxylic acids is 2. The third-order valence-corrected chi connectivity index (χ3v) is 5.38. The van der Waals surface area contributed by atoms with Gasteiger partial charge < -0.3 is 15.0 Å². The van der Waals surface area contributed by atoms with Crippen molar-refractivity contribution in [2.75, 3.05) is 39.3 Å². The van der Waals surface area contributed by atoms with Crippen LogP contribution in [0.25, 0.3) is 0 Å². The van der Waals surface area contributed by atoms with Crippen LogP contribution in [0.1, 0.15) is 12.8 Å². The molecule has 1 saturated carbocycles. The zero-order valence-electron chi connectivity index (χ0n) is 14.1. The normalized spacial score (nSPS) is 17.9. The predicted molar refractivity (Wildman–Crippen MR) is 101 cm³/mol. The van der Waals surface area contributed by atoms with Gasteiger partial charge in [0, 0.05) is 38.3 Å². The predicted octanol–water partition coefficient (Wildman–Crippen LogP) is 2.45. The molecule has 0 aromatic heterocycles. The van der Waals surface area contributed by atoms with E-state index in [0.29, 0.717) is 59.6 Å². The maximum atomic E-state index is 12.3. The number of nitrogens with zero attached hydrogens (tertiary/aromatic N) is 2. The van der Waals surface area contributed by atoms with Crippen LogP contribution in [-0.2, 0) is 9.59 Å². The zero-order valence-corrected chi connectivity index (χ0v) is 16.4. The molecule has 6 nitrogen and oxygen atoms in total. The third kappa shape index (κ3) is 5.39. The Labute approximate surface area is 167 Å². The average Bonchev–Trinajstić information content (AvgIpc) is 3.41. The Morgan fingerprint density at radius 1 is 1.04 bits per heavy atom. The van der Waals surface area contributed by atoms with Gasteiger partial charge in [0.1, 0.15) is 5.75 Å². The highest BCUT2D eigenvalue weighted by atomic mass is 35.5. The van der Waals surface area contributed by atoms with Crippen LogP contribution in [0, 0.1) is 0 Å². The topological polar surface area (TPSA) is 61.9 Å². The van der Waals surface area contributed by atoms with E-state index in [-0.39, 0.29) is 18.4 Å². The van der Waals surface area contributed by atoms with Crippen molar-refractivity contribution in [3.8, 4) is 5.75 Å². The molecule has 2 fully saturated rings. The monoisotopic (exact) mass is 419 g/mol. The fraction of sp³-hybridized carbons (Fsp3) is 0.529. The van der Waals surface area contributed by atoms with Crippen molar-refractivity contribution >= 4 is 46.6 Å². The SMILES string of the molecule is O=C(CN1CCN(C(=O)COc2cc(Cl)c(Cl)cc2Cl)CC1)NC1CC1. The second-order valence-electron chi connectivity index (χ2n) is 6.48. The van der Waals surface area contributed by atoms with Crippen LogP contribution in [0.2, 0.25) is 15.1 Å². The molecule has 142 valence electrons. The van der Waals surface area contributed by atoms with Crippen molar-refractivity contribution in [3.63, 3.8) is 0 Å². The molecular weight excluding hydrogens is 401 g/mol. The standard InChI is InChI=1S/C17H20Cl3N3O3/c18-12-7-14(20)15(8-13(12)19)26-10-17(25)23-5-3-22(4-6-23)9-16(24)21-11-1-2-11/h7-8,11H,1-6,9-10H2,(H,21,24). The van der Waals surface area contributed by atoms with E-state index < -0.39 is 0 Å². The second-order valence-corrected chi connectivity index (χ2v) is 7.71. The molecule has 0 atom stereocenters. The average molecular weight is 421 g/mol. The minimum absolute atomic E-state index is 0.0601. The number of piperazine rings is 1. The smallest absolute Gasteiger partial charge is 0.260 e. The number of hydrogen-bond donors (Lipinski definition) is 1. The number of benzene rings is 1. The third-order valence-electron chi connectivity index (χ3n) is 4.36. The van der Waals surface area contributed by atoms with Crippen molar-refractivity contribution in [3.05, 3.63) is 27.2 Å². The van der Waals surface area contributed by atoms with Crippen LogP contribution in [0.5, 0.6) is 5.75 Å². The highest BCUT2D eigenvalue weighted by molar-refractivity contribution is 6.43. The van der Waals surface area contributed by atoms with Crippen LogP contribution >= 0.6 is 34.8 Å². The highest BCUT2D eigenvalue weighted by Gasteiger charge is 2.26. The van der Waals surface area contributed by atoms with Gasteiger partial charge in [-0.05, 0) is 18.9 Å². The van der Waals surface area contributed by atoms with E-state index in [0.717, 1.165) is 12.8 Å². The summed E-state index contributed by atoms with van der Waals surface area (Å²) in [5.41, 5.74) is 0. The summed E-state index contributed by atoms with van der Waals surface area (Å²) in [6.07, 6.45) is 2.16. The first-order chi connectivity index (χ1) is 12.4. The van der Waals surface area contributed by atoms with E-state index >= 15 is 0 Å². The van der Waals surface area contributed by atoms with Crippen molar-refractivity contribution in [2.45, 2.75) is 18.9 Å². The lowest BCUT2D eigenvalue weighted by Crippen LogP contribution is -2.52. The lowest BCUT2D eigenvalue weighted by atomic mass is 10.3. The molecule has 3 rings (SSSR count). The highest BCUT2D eigenvalue weighted by Crippen LogP contribution is 2.33. The molecule has 0 unspecified atom stereocenters. The van der Waals surface area contributed by atoms with Crippen LogP contribution in [0.15, 0.2) is 12.1 Å². The molecule has 1 aliphatic heterocycles. The largest absolute Gasteiger partial charge is 0.482 e. The minimum Gasteiger partial charge on any atom is -0.482 e. The summed E-state index contributed by atoms with van der Waals surface area (Å²) >= 11 is 17.9. The van der Waals surface area contributed by atoms with Crippen LogP contribution in [0.3, 0.4) is 0 Å². The summed E-state index contributed by atoms with van der Waals surface area (Å²) in [6, 6.07) is 3.35. The Morgan fingerprint density at radius 3 is 2.35 bits per heavy atom. The molecule has 1 N–H and O–H groups in total. The Kier molecular flexibility index (Phi) is 6.51. The van der Waals surface area contributed by atoms with E-state index in [9.17, 15) is 9.59 Å². The zero-order chi connectivity index (χ0) is 18.7. The first-order valence-corrected chi connectivity index (χ1v) is 9.62. The van der Waals surface area contributed by atoms with E-state index in [1.165, 1.54) is 12.1 Å². The Balaban J connectivity index is 1.42.